The quantitative estimate of drug-likeness (QED) is 0.541. The number of hydrogen-bond acceptors (Lipinski definition) is 7. The second-order valence-corrected chi connectivity index (χ2v) is 9.68. The number of carbonyl (C=O) groups excluding carboxylic acids is 2. The highest BCUT2D eigenvalue weighted by Crippen LogP contribution is 2.28. The van der Waals surface area contributed by atoms with Gasteiger partial charge in [-0.1, -0.05) is 25.0 Å². The first kappa shape index (κ1) is 22.8. The van der Waals surface area contributed by atoms with Gasteiger partial charge in [-0.2, -0.15) is 4.98 Å². The van der Waals surface area contributed by atoms with Crippen LogP contribution in [0.15, 0.2) is 24.3 Å². The van der Waals surface area contributed by atoms with Gasteiger partial charge >= 0.3 is 6.09 Å². The summed E-state index contributed by atoms with van der Waals surface area (Å²) in [6.45, 7) is 7.91. The molecule has 0 saturated heterocycles. The summed E-state index contributed by atoms with van der Waals surface area (Å²) in [7, 11) is 0. The molecule has 1 saturated carbocycles. The van der Waals surface area contributed by atoms with Crippen LogP contribution in [0.1, 0.15) is 68.1 Å². The van der Waals surface area contributed by atoms with Crippen molar-refractivity contribution in [3.05, 3.63) is 41.1 Å². The van der Waals surface area contributed by atoms with Gasteiger partial charge in [0.15, 0.2) is 0 Å². The van der Waals surface area contributed by atoms with Crippen molar-refractivity contribution in [3.8, 4) is 0 Å². The smallest absolute Gasteiger partial charge is 0.407 e. The number of aromatic nitrogens is 2. The average Bonchev–Trinajstić information content (AvgIpc) is 3.09. The number of carbonyl (C=O) groups is 2. The van der Waals surface area contributed by atoms with Crippen molar-refractivity contribution in [2.75, 3.05) is 10.6 Å². The van der Waals surface area contributed by atoms with Gasteiger partial charge in [0.1, 0.15) is 17.0 Å². The number of ether oxygens (including phenoxy) is 1. The molecule has 4 rings (SSSR count). The fourth-order valence-electron chi connectivity index (χ4n) is 4.24. The zero-order chi connectivity index (χ0) is 23.6. The van der Waals surface area contributed by atoms with Crippen LogP contribution in [0, 0.1) is 6.92 Å². The maximum Gasteiger partial charge on any atom is 0.407 e. The van der Waals surface area contributed by atoms with Crippen molar-refractivity contribution >= 4 is 29.5 Å². The molecule has 33 heavy (non-hydrogen) atoms. The van der Waals surface area contributed by atoms with Gasteiger partial charge in [-0.25, -0.2) is 9.78 Å². The molecule has 1 aliphatic heterocycles. The Morgan fingerprint density at radius 2 is 1.91 bits per heavy atom. The molecule has 2 heterocycles. The van der Waals surface area contributed by atoms with E-state index in [1.54, 1.807) is 0 Å². The van der Waals surface area contributed by atoms with E-state index in [9.17, 15) is 9.59 Å². The Bertz CT molecular complexity index is 1050. The minimum Gasteiger partial charge on any atom is -0.444 e. The van der Waals surface area contributed by atoms with E-state index in [0.29, 0.717) is 29.6 Å². The highest BCUT2D eigenvalue weighted by molar-refractivity contribution is 6.02. The third-order valence-corrected chi connectivity index (χ3v) is 5.69. The molecule has 1 aliphatic carbocycles. The van der Waals surface area contributed by atoms with E-state index in [4.69, 9.17) is 4.74 Å². The molecule has 0 bridgehead atoms. The summed E-state index contributed by atoms with van der Waals surface area (Å²) in [5.74, 6) is 0.715. The summed E-state index contributed by atoms with van der Waals surface area (Å²) < 4.78 is 5.44. The Hall–Kier alpha value is -3.36. The maximum absolute atomic E-state index is 12.4. The summed E-state index contributed by atoms with van der Waals surface area (Å²) in [6, 6.07) is 7.75. The van der Waals surface area contributed by atoms with Crippen molar-refractivity contribution in [1.29, 1.82) is 0 Å². The number of alkyl carbamates (subject to hydrolysis) is 1. The third-order valence-electron chi connectivity index (χ3n) is 5.69. The van der Waals surface area contributed by atoms with Gasteiger partial charge in [-0.3, -0.25) is 4.79 Å². The van der Waals surface area contributed by atoms with Gasteiger partial charge in [0.05, 0.1) is 18.3 Å². The number of nitrogens with one attached hydrogen (secondary N) is 4. The van der Waals surface area contributed by atoms with Gasteiger partial charge in [0, 0.05) is 11.7 Å². The van der Waals surface area contributed by atoms with Crippen LogP contribution in [0.4, 0.5) is 22.2 Å². The highest BCUT2D eigenvalue weighted by Gasteiger charge is 2.31. The molecule has 2 amide bonds. The number of benzene rings is 1. The Morgan fingerprint density at radius 3 is 2.64 bits per heavy atom. The number of amides is 2. The fourth-order valence-corrected chi connectivity index (χ4v) is 4.24. The lowest BCUT2D eigenvalue weighted by Gasteiger charge is -2.33. The summed E-state index contributed by atoms with van der Waals surface area (Å²) in [5.41, 5.74) is 2.52. The maximum atomic E-state index is 12.4. The second kappa shape index (κ2) is 9.25. The largest absolute Gasteiger partial charge is 0.444 e. The number of anilines is 3. The van der Waals surface area contributed by atoms with Gasteiger partial charge in [-0.15, -0.1) is 0 Å². The molecule has 1 aromatic heterocycles. The molecule has 2 unspecified atom stereocenters. The molecule has 0 radical (unpaired) electrons. The number of aryl methyl sites for hydroxylation is 1. The topological polar surface area (TPSA) is 117 Å². The van der Waals surface area contributed by atoms with Crippen LogP contribution in [0.5, 0.6) is 0 Å². The molecule has 176 valence electrons. The number of rotatable bonds is 5. The lowest BCUT2D eigenvalue weighted by Crippen LogP contribution is -2.50. The van der Waals surface area contributed by atoms with E-state index < -0.39 is 11.7 Å². The van der Waals surface area contributed by atoms with Crippen LogP contribution in [-0.2, 0) is 11.3 Å². The second-order valence-electron chi connectivity index (χ2n) is 9.68. The van der Waals surface area contributed by atoms with Crippen LogP contribution < -0.4 is 21.3 Å². The molecule has 1 aromatic carbocycles. The lowest BCUT2D eigenvalue weighted by atomic mass is 9.90. The number of hydrogen-bond donors (Lipinski definition) is 4. The van der Waals surface area contributed by atoms with E-state index >= 15 is 0 Å². The first-order valence-corrected chi connectivity index (χ1v) is 11.5. The van der Waals surface area contributed by atoms with Crippen molar-refractivity contribution < 1.29 is 14.3 Å². The van der Waals surface area contributed by atoms with Crippen molar-refractivity contribution in [2.45, 2.75) is 77.6 Å². The first-order chi connectivity index (χ1) is 15.7. The van der Waals surface area contributed by atoms with Crippen molar-refractivity contribution in [2.24, 2.45) is 0 Å². The van der Waals surface area contributed by atoms with Crippen molar-refractivity contribution in [1.82, 2.24) is 20.6 Å². The molecule has 9 heteroatoms. The van der Waals surface area contributed by atoms with E-state index in [2.05, 4.69) is 31.2 Å². The van der Waals surface area contributed by atoms with Crippen LogP contribution >= 0.6 is 0 Å². The molecular weight excluding hydrogens is 420 g/mol. The molecule has 0 spiro atoms. The van der Waals surface area contributed by atoms with E-state index in [-0.39, 0.29) is 18.0 Å². The molecule has 2 aromatic rings. The number of nitrogens with zero attached hydrogens (tertiary/aromatic N) is 2. The number of fused-ring (bicyclic) bond motifs is 1. The minimum absolute atomic E-state index is 0.0406. The normalized spacial score (nSPS) is 19.9. The molecule has 9 nitrogen and oxygen atoms in total. The first-order valence-electron chi connectivity index (χ1n) is 11.5. The van der Waals surface area contributed by atoms with Crippen LogP contribution in [0.2, 0.25) is 0 Å². The predicted octanol–water partition coefficient (Wildman–Crippen LogP) is 4.02. The SMILES string of the molecule is Cc1cccc(Nc2nc(NC3CCCCC3NC(=O)OC(C)(C)C)nc3c2C(=O)NC3)c1. The summed E-state index contributed by atoms with van der Waals surface area (Å²) in [5, 5.41) is 12.5. The summed E-state index contributed by atoms with van der Waals surface area (Å²) in [4.78, 5) is 34.0. The van der Waals surface area contributed by atoms with Crippen LogP contribution in [-0.4, -0.2) is 39.7 Å². The third kappa shape index (κ3) is 5.71. The molecule has 2 aliphatic rings. The predicted molar refractivity (Wildman–Crippen MR) is 127 cm³/mol. The highest BCUT2D eigenvalue weighted by atomic mass is 16.6. The van der Waals surface area contributed by atoms with Gasteiger partial charge < -0.3 is 26.0 Å². The Kier molecular flexibility index (Phi) is 6.40. The summed E-state index contributed by atoms with van der Waals surface area (Å²) >= 11 is 0. The minimum atomic E-state index is -0.555. The Balaban J connectivity index is 1.55. The molecule has 4 N–H and O–H groups in total. The average molecular weight is 453 g/mol. The van der Waals surface area contributed by atoms with Gasteiger partial charge in [-0.05, 0) is 58.2 Å². The lowest BCUT2D eigenvalue weighted by molar-refractivity contribution is 0.0488. The van der Waals surface area contributed by atoms with E-state index in [1.807, 2.05) is 52.0 Å². The summed E-state index contributed by atoms with van der Waals surface area (Å²) in [6.07, 6.45) is 3.37. The van der Waals surface area contributed by atoms with Crippen LogP contribution in [0.25, 0.3) is 0 Å². The zero-order valence-electron chi connectivity index (χ0n) is 19.6. The monoisotopic (exact) mass is 452 g/mol. The van der Waals surface area contributed by atoms with Gasteiger partial charge in [0.2, 0.25) is 5.95 Å². The Morgan fingerprint density at radius 1 is 1.15 bits per heavy atom. The zero-order valence-corrected chi connectivity index (χ0v) is 19.6. The standard InChI is InChI=1S/C24H32N6O3/c1-14-8-7-9-15(12-14)26-20-19-18(13-25-21(19)31)28-22(30-20)27-16-10-5-6-11-17(16)29-23(32)33-24(2,3)4/h7-9,12,16-17H,5-6,10-11,13H2,1-4H3,(H,25,31)(H,29,32)(H2,26,27,28,30). The van der Waals surface area contributed by atoms with E-state index in [0.717, 1.165) is 36.9 Å². The van der Waals surface area contributed by atoms with Crippen LogP contribution in [0.3, 0.4) is 0 Å². The fraction of sp³-hybridized carbons (Fsp3) is 0.500. The molecular formula is C24H32N6O3. The molecule has 2 atom stereocenters. The van der Waals surface area contributed by atoms with Gasteiger partial charge in [0.25, 0.3) is 5.91 Å². The molecule has 1 fully saturated rings. The van der Waals surface area contributed by atoms with E-state index in [1.165, 1.54) is 0 Å². The Labute approximate surface area is 194 Å². The van der Waals surface area contributed by atoms with Crippen molar-refractivity contribution in [3.63, 3.8) is 0 Å².